The molecule has 0 saturated carbocycles. The van der Waals surface area contributed by atoms with Crippen LogP contribution in [0.15, 0.2) is 0 Å². The summed E-state index contributed by atoms with van der Waals surface area (Å²) in [6, 6.07) is 0. The summed E-state index contributed by atoms with van der Waals surface area (Å²) >= 11 is 0. The molecule has 0 radical (unpaired) electrons. The van der Waals surface area contributed by atoms with Crippen molar-refractivity contribution in [2.75, 3.05) is 26.7 Å². The second kappa shape index (κ2) is 5.86. The predicted octanol–water partition coefficient (Wildman–Crippen LogP) is 2.74. The number of nitrogens with zero attached hydrogens (tertiary/aromatic N) is 1. The van der Waals surface area contributed by atoms with Crippen molar-refractivity contribution in [1.82, 2.24) is 10.2 Å². The highest BCUT2D eigenvalue weighted by molar-refractivity contribution is 4.80. The second-order valence-corrected chi connectivity index (χ2v) is 6.51. The van der Waals surface area contributed by atoms with E-state index in [2.05, 4.69) is 58.8 Å². The molecule has 0 saturated heterocycles. The van der Waals surface area contributed by atoms with E-state index in [0.717, 1.165) is 13.1 Å². The molecule has 0 heterocycles. The minimum atomic E-state index is 0.223. The van der Waals surface area contributed by atoms with Gasteiger partial charge in [0.05, 0.1) is 0 Å². The number of hydrogen-bond acceptors (Lipinski definition) is 2. The molecule has 0 aromatic rings. The average molecular weight is 214 g/mol. The molecule has 15 heavy (non-hydrogen) atoms. The molecule has 0 aromatic heterocycles. The maximum absolute atomic E-state index is 3.58. The van der Waals surface area contributed by atoms with Gasteiger partial charge in [-0.2, -0.15) is 0 Å². The molecule has 2 heteroatoms. The molecule has 0 aliphatic rings. The summed E-state index contributed by atoms with van der Waals surface area (Å²) in [6.45, 7) is 17.0. The van der Waals surface area contributed by atoms with Gasteiger partial charge in [-0.1, -0.05) is 20.8 Å². The van der Waals surface area contributed by atoms with Crippen molar-refractivity contribution in [3.05, 3.63) is 0 Å². The van der Waals surface area contributed by atoms with Crippen LogP contribution in [0.3, 0.4) is 0 Å². The Hall–Kier alpha value is -0.0800. The topological polar surface area (TPSA) is 15.3 Å². The number of hydrogen-bond donors (Lipinski definition) is 1. The Labute approximate surface area is 96.4 Å². The van der Waals surface area contributed by atoms with E-state index in [0.29, 0.717) is 5.41 Å². The van der Waals surface area contributed by atoms with Gasteiger partial charge in [-0.3, -0.25) is 0 Å². The zero-order chi connectivity index (χ0) is 12.1. The molecule has 2 nitrogen and oxygen atoms in total. The average Bonchev–Trinajstić information content (AvgIpc) is 1.99. The van der Waals surface area contributed by atoms with E-state index in [9.17, 15) is 0 Å². The third kappa shape index (κ3) is 8.88. The molecular weight excluding hydrogens is 184 g/mol. The Kier molecular flexibility index (Phi) is 5.82. The van der Waals surface area contributed by atoms with Crippen LogP contribution in [0.1, 0.15) is 48.0 Å². The number of nitrogens with one attached hydrogen (secondary N) is 1. The Bertz CT molecular complexity index is 168. The SMILES string of the molecule is CCCN(C)CC(C)(C)CNC(C)(C)C. The lowest BCUT2D eigenvalue weighted by Crippen LogP contribution is -2.45. The molecule has 0 aromatic carbocycles. The van der Waals surface area contributed by atoms with Crippen LogP contribution in [0.2, 0.25) is 0 Å². The summed E-state index contributed by atoms with van der Waals surface area (Å²) in [6.07, 6.45) is 1.24. The number of rotatable bonds is 6. The fourth-order valence-electron chi connectivity index (χ4n) is 1.75. The van der Waals surface area contributed by atoms with Gasteiger partial charge in [-0.05, 0) is 46.2 Å². The maximum Gasteiger partial charge on any atom is 0.00967 e. The third-order valence-corrected chi connectivity index (χ3v) is 2.40. The van der Waals surface area contributed by atoms with Crippen molar-refractivity contribution in [3.8, 4) is 0 Å². The van der Waals surface area contributed by atoms with Crippen molar-refractivity contribution >= 4 is 0 Å². The first-order valence-corrected chi connectivity index (χ1v) is 6.10. The van der Waals surface area contributed by atoms with Crippen LogP contribution >= 0.6 is 0 Å². The van der Waals surface area contributed by atoms with Gasteiger partial charge in [0.1, 0.15) is 0 Å². The molecule has 1 N–H and O–H groups in total. The van der Waals surface area contributed by atoms with E-state index >= 15 is 0 Å². The summed E-state index contributed by atoms with van der Waals surface area (Å²) in [5.41, 5.74) is 0.567. The first-order chi connectivity index (χ1) is 6.66. The van der Waals surface area contributed by atoms with E-state index < -0.39 is 0 Å². The first kappa shape index (κ1) is 14.9. The molecule has 0 aliphatic carbocycles. The monoisotopic (exact) mass is 214 g/mol. The van der Waals surface area contributed by atoms with Crippen molar-refractivity contribution in [2.45, 2.75) is 53.5 Å². The predicted molar refractivity (Wildman–Crippen MR) is 69.3 cm³/mol. The van der Waals surface area contributed by atoms with Gasteiger partial charge in [0.2, 0.25) is 0 Å². The molecule has 0 aliphatic heterocycles. The van der Waals surface area contributed by atoms with Crippen LogP contribution in [0.5, 0.6) is 0 Å². The summed E-state index contributed by atoms with van der Waals surface area (Å²) in [5.74, 6) is 0. The van der Waals surface area contributed by atoms with Gasteiger partial charge in [0, 0.05) is 18.6 Å². The van der Waals surface area contributed by atoms with E-state index in [4.69, 9.17) is 0 Å². The van der Waals surface area contributed by atoms with E-state index in [1.54, 1.807) is 0 Å². The lowest BCUT2D eigenvalue weighted by Gasteiger charge is -2.33. The highest BCUT2D eigenvalue weighted by Gasteiger charge is 2.22. The zero-order valence-electron chi connectivity index (χ0n) is 11.8. The van der Waals surface area contributed by atoms with Gasteiger partial charge in [-0.15, -0.1) is 0 Å². The third-order valence-electron chi connectivity index (χ3n) is 2.40. The maximum atomic E-state index is 3.58. The molecule has 0 bridgehead atoms. The van der Waals surface area contributed by atoms with Crippen molar-refractivity contribution in [1.29, 1.82) is 0 Å². The summed E-state index contributed by atoms with van der Waals surface area (Å²) < 4.78 is 0. The smallest absolute Gasteiger partial charge is 0.00967 e. The lowest BCUT2D eigenvalue weighted by atomic mass is 9.91. The Morgan fingerprint density at radius 1 is 1.07 bits per heavy atom. The molecule has 0 amide bonds. The van der Waals surface area contributed by atoms with Crippen LogP contribution in [0, 0.1) is 5.41 Å². The Balaban J connectivity index is 3.96. The fraction of sp³-hybridized carbons (Fsp3) is 1.00. The zero-order valence-corrected chi connectivity index (χ0v) is 11.8. The summed E-state index contributed by atoms with van der Waals surface area (Å²) in [4.78, 5) is 2.42. The van der Waals surface area contributed by atoms with Gasteiger partial charge in [0.25, 0.3) is 0 Å². The molecule has 0 atom stereocenters. The van der Waals surface area contributed by atoms with E-state index in [1.165, 1.54) is 13.0 Å². The normalized spacial score (nSPS) is 13.6. The molecule has 0 unspecified atom stereocenters. The standard InChI is InChI=1S/C13H30N2/c1-8-9-15(7)11-13(5,6)10-14-12(2,3)4/h14H,8-11H2,1-7H3. The Morgan fingerprint density at radius 3 is 2.00 bits per heavy atom. The molecular formula is C13H30N2. The van der Waals surface area contributed by atoms with Crippen LogP contribution in [-0.4, -0.2) is 37.1 Å². The van der Waals surface area contributed by atoms with Crippen LogP contribution < -0.4 is 5.32 Å². The molecule has 0 rings (SSSR count). The molecule has 0 spiro atoms. The van der Waals surface area contributed by atoms with Crippen molar-refractivity contribution in [3.63, 3.8) is 0 Å². The van der Waals surface area contributed by atoms with E-state index in [-0.39, 0.29) is 5.54 Å². The first-order valence-electron chi connectivity index (χ1n) is 6.10. The van der Waals surface area contributed by atoms with Crippen LogP contribution in [0.4, 0.5) is 0 Å². The van der Waals surface area contributed by atoms with Crippen molar-refractivity contribution < 1.29 is 0 Å². The molecule has 92 valence electrons. The highest BCUT2D eigenvalue weighted by atomic mass is 15.1. The second-order valence-electron chi connectivity index (χ2n) is 6.51. The van der Waals surface area contributed by atoms with Gasteiger partial charge in [-0.25, -0.2) is 0 Å². The lowest BCUT2D eigenvalue weighted by molar-refractivity contribution is 0.191. The quantitative estimate of drug-likeness (QED) is 0.731. The largest absolute Gasteiger partial charge is 0.311 e. The summed E-state index contributed by atoms with van der Waals surface area (Å²) in [5, 5.41) is 3.58. The van der Waals surface area contributed by atoms with Crippen molar-refractivity contribution in [2.24, 2.45) is 5.41 Å². The summed E-state index contributed by atoms with van der Waals surface area (Å²) in [7, 11) is 2.21. The fourth-order valence-corrected chi connectivity index (χ4v) is 1.75. The van der Waals surface area contributed by atoms with E-state index in [1.807, 2.05) is 0 Å². The van der Waals surface area contributed by atoms with Gasteiger partial charge >= 0.3 is 0 Å². The minimum Gasteiger partial charge on any atom is -0.311 e. The highest BCUT2D eigenvalue weighted by Crippen LogP contribution is 2.16. The van der Waals surface area contributed by atoms with Gasteiger partial charge in [0.15, 0.2) is 0 Å². The minimum absolute atomic E-state index is 0.223. The Morgan fingerprint density at radius 2 is 1.60 bits per heavy atom. The van der Waals surface area contributed by atoms with Crippen LogP contribution in [0.25, 0.3) is 0 Å². The van der Waals surface area contributed by atoms with Gasteiger partial charge < -0.3 is 10.2 Å². The van der Waals surface area contributed by atoms with Crippen LogP contribution in [-0.2, 0) is 0 Å². The molecule has 0 fully saturated rings.